The van der Waals surface area contributed by atoms with Gasteiger partial charge in [0.25, 0.3) is 5.91 Å². The maximum atomic E-state index is 11.7. The molecule has 1 aromatic heterocycles. The molecule has 18 heavy (non-hydrogen) atoms. The summed E-state index contributed by atoms with van der Waals surface area (Å²) in [4.78, 5) is 26.5. The SMILES string of the molecule is Cc1ccc(C(=O)NCC(=O)N(C)C(C)CO)s1. The van der Waals surface area contributed by atoms with Crippen LogP contribution in [0.3, 0.4) is 0 Å². The van der Waals surface area contributed by atoms with Crippen molar-refractivity contribution in [1.29, 1.82) is 0 Å². The van der Waals surface area contributed by atoms with Gasteiger partial charge in [-0.1, -0.05) is 0 Å². The van der Waals surface area contributed by atoms with Gasteiger partial charge in [0.2, 0.25) is 5.91 Å². The van der Waals surface area contributed by atoms with E-state index in [9.17, 15) is 9.59 Å². The van der Waals surface area contributed by atoms with Gasteiger partial charge in [0.1, 0.15) is 0 Å². The van der Waals surface area contributed by atoms with Gasteiger partial charge < -0.3 is 15.3 Å². The highest BCUT2D eigenvalue weighted by atomic mass is 32.1. The van der Waals surface area contributed by atoms with E-state index in [0.717, 1.165) is 4.88 Å². The van der Waals surface area contributed by atoms with Crippen LogP contribution in [-0.4, -0.2) is 48.1 Å². The van der Waals surface area contributed by atoms with Gasteiger partial charge in [0.15, 0.2) is 0 Å². The van der Waals surface area contributed by atoms with Gasteiger partial charge in [-0.3, -0.25) is 9.59 Å². The Morgan fingerprint density at radius 3 is 2.67 bits per heavy atom. The van der Waals surface area contributed by atoms with Crippen molar-refractivity contribution < 1.29 is 14.7 Å². The molecule has 0 saturated carbocycles. The lowest BCUT2D eigenvalue weighted by Gasteiger charge is -2.23. The minimum atomic E-state index is -0.251. The third-order valence-corrected chi connectivity index (χ3v) is 3.68. The quantitative estimate of drug-likeness (QED) is 0.824. The Kier molecular flexibility index (Phi) is 5.30. The van der Waals surface area contributed by atoms with Gasteiger partial charge in [0, 0.05) is 11.9 Å². The van der Waals surface area contributed by atoms with Crippen LogP contribution in [0.2, 0.25) is 0 Å². The molecule has 1 unspecified atom stereocenters. The Balaban J connectivity index is 2.46. The van der Waals surface area contributed by atoms with Crippen molar-refractivity contribution in [2.45, 2.75) is 19.9 Å². The number of hydrogen-bond donors (Lipinski definition) is 2. The topological polar surface area (TPSA) is 69.6 Å². The van der Waals surface area contributed by atoms with Gasteiger partial charge >= 0.3 is 0 Å². The van der Waals surface area contributed by atoms with E-state index in [1.54, 1.807) is 20.0 Å². The Morgan fingerprint density at radius 1 is 1.50 bits per heavy atom. The zero-order valence-corrected chi connectivity index (χ0v) is 11.6. The summed E-state index contributed by atoms with van der Waals surface area (Å²) in [6.45, 7) is 3.50. The maximum absolute atomic E-state index is 11.7. The second-order valence-corrected chi connectivity index (χ2v) is 5.42. The monoisotopic (exact) mass is 270 g/mol. The van der Waals surface area contributed by atoms with Crippen LogP contribution in [-0.2, 0) is 4.79 Å². The molecule has 2 amide bonds. The number of nitrogens with zero attached hydrogens (tertiary/aromatic N) is 1. The fourth-order valence-electron chi connectivity index (χ4n) is 1.29. The normalized spacial score (nSPS) is 12.0. The van der Waals surface area contributed by atoms with Crippen LogP contribution < -0.4 is 5.32 Å². The predicted octanol–water partition coefficient (Wildman–Crippen LogP) is 0.626. The van der Waals surface area contributed by atoms with Crippen LogP contribution in [0.25, 0.3) is 0 Å². The number of rotatable bonds is 5. The van der Waals surface area contributed by atoms with Crippen molar-refractivity contribution in [3.63, 3.8) is 0 Å². The zero-order valence-electron chi connectivity index (χ0n) is 10.8. The van der Waals surface area contributed by atoms with E-state index < -0.39 is 0 Å². The van der Waals surface area contributed by atoms with Crippen molar-refractivity contribution >= 4 is 23.2 Å². The number of carbonyl (C=O) groups excluding carboxylic acids is 2. The number of aliphatic hydroxyl groups excluding tert-OH is 1. The number of thiophene rings is 1. The molecule has 0 aliphatic rings. The summed E-state index contributed by atoms with van der Waals surface area (Å²) in [5.74, 6) is -0.468. The van der Waals surface area contributed by atoms with Crippen LogP contribution in [0.5, 0.6) is 0 Å². The molecule has 1 heterocycles. The highest BCUT2D eigenvalue weighted by Crippen LogP contribution is 2.14. The highest BCUT2D eigenvalue weighted by molar-refractivity contribution is 7.13. The maximum Gasteiger partial charge on any atom is 0.261 e. The van der Waals surface area contributed by atoms with Gasteiger partial charge in [-0.25, -0.2) is 0 Å². The molecule has 1 rings (SSSR count). The Bertz CT molecular complexity index is 431. The van der Waals surface area contributed by atoms with Crippen molar-refractivity contribution in [2.24, 2.45) is 0 Å². The predicted molar refractivity (Wildman–Crippen MR) is 70.7 cm³/mol. The third-order valence-electron chi connectivity index (χ3n) is 2.68. The molecule has 1 atom stereocenters. The highest BCUT2D eigenvalue weighted by Gasteiger charge is 2.16. The zero-order chi connectivity index (χ0) is 13.7. The summed E-state index contributed by atoms with van der Waals surface area (Å²) < 4.78 is 0. The molecular formula is C12H18N2O3S. The lowest BCUT2D eigenvalue weighted by molar-refractivity contribution is -0.131. The minimum Gasteiger partial charge on any atom is -0.394 e. The number of aliphatic hydroxyl groups is 1. The van der Waals surface area contributed by atoms with Crippen LogP contribution in [0.15, 0.2) is 12.1 Å². The number of aryl methyl sites for hydroxylation is 1. The molecule has 0 bridgehead atoms. The van der Waals surface area contributed by atoms with Gasteiger partial charge in [-0.05, 0) is 26.0 Å². The number of likely N-dealkylation sites (N-methyl/N-ethyl adjacent to an activating group) is 1. The average Bonchev–Trinajstić information content (AvgIpc) is 2.80. The first kappa shape index (κ1) is 14.7. The average molecular weight is 270 g/mol. The molecule has 2 N–H and O–H groups in total. The van der Waals surface area contributed by atoms with E-state index in [-0.39, 0.29) is 31.0 Å². The fourth-order valence-corrected chi connectivity index (χ4v) is 2.08. The summed E-state index contributed by atoms with van der Waals surface area (Å²) >= 11 is 1.39. The molecule has 0 fully saturated rings. The van der Waals surface area contributed by atoms with E-state index in [1.807, 2.05) is 13.0 Å². The van der Waals surface area contributed by atoms with Crippen LogP contribution in [0, 0.1) is 6.92 Å². The largest absolute Gasteiger partial charge is 0.394 e. The summed E-state index contributed by atoms with van der Waals surface area (Å²) in [6, 6.07) is 3.35. The molecule has 0 aliphatic heterocycles. The Labute approximate surface area is 110 Å². The second kappa shape index (κ2) is 6.51. The van der Waals surface area contributed by atoms with E-state index in [1.165, 1.54) is 16.2 Å². The lowest BCUT2D eigenvalue weighted by atomic mass is 10.3. The second-order valence-electron chi connectivity index (χ2n) is 4.13. The number of carbonyl (C=O) groups is 2. The lowest BCUT2D eigenvalue weighted by Crippen LogP contribution is -2.43. The molecule has 6 heteroatoms. The Morgan fingerprint density at radius 2 is 2.17 bits per heavy atom. The molecule has 0 aliphatic carbocycles. The number of hydrogen-bond acceptors (Lipinski definition) is 4. The Hall–Kier alpha value is -1.40. The van der Waals surface area contributed by atoms with Gasteiger partial charge in [0.05, 0.1) is 24.1 Å². The standard InChI is InChI=1S/C12H18N2O3S/c1-8(7-15)14(3)11(16)6-13-12(17)10-5-4-9(2)18-10/h4-5,8,15H,6-7H2,1-3H3,(H,13,17). The molecule has 1 aromatic rings. The molecule has 5 nitrogen and oxygen atoms in total. The van der Waals surface area contributed by atoms with Crippen LogP contribution in [0.4, 0.5) is 0 Å². The minimum absolute atomic E-state index is 0.0589. The number of amides is 2. The van der Waals surface area contributed by atoms with E-state index in [4.69, 9.17) is 5.11 Å². The summed E-state index contributed by atoms with van der Waals surface area (Å²) in [5, 5.41) is 11.5. The molecule has 0 radical (unpaired) electrons. The molecule has 0 spiro atoms. The summed E-state index contributed by atoms with van der Waals surface area (Å²) in [5.41, 5.74) is 0. The molecular weight excluding hydrogens is 252 g/mol. The van der Waals surface area contributed by atoms with Crippen molar-refractivity contribution in [3.05, 3.63) is 21.9 Å². The first-order valence-electron chi connectivity index (χ1n) is 5.67. The van der Waals surface area contributed by atoms with E-state index in [0.29, 0.717) is 4.88 Å². The fraction of sp³-hybridized carbons (Fsp3) is 0.500. The van der Waals surface area contributed by atoms with E-state index >= 15 is 0 Å². The summed E-state index contributed by atoms with van der Waals surface area (Å²) in [6.07, 6.45) is 0. The third kappa shape index (κ3) is 3.82. The van der Waals surface area contributed by atoms with E-state index in [2.05, 4.69) is 5.32 Å². The first-order valence-corrected chi connectivity index (χ1v) is 6.48. The van der Waals surface area contributed by atoms with Crippen LogP contribution >= 0.6 is 11.3 Å². The van der Waals surface area contributed by atoms with Gasteiger partial charge in [-0.15, -0.1) is 11.3 Å². The van der Waals surface area contributed by atoms with Crippen molar-refractivity contribution in [1.82, 2.24) is 10.2 Å². The molecule has 100 valence electrons. The van der Waals surface area contributed by atoms with Crippen molar-refractivity contribution in [3.8, 4) is 0 Å². The number of nitrogens with one attached hydrogen (secondary N) is 1. The van der Waals surface area contributed by atoms with Crippen molar-refractivity contribution in [2.75, 3.05) is 20.2 Å². The van der Waals surface area contributed by atoms with Crippen LogP contribution in [0.1, 0.15) is 21.5 Å². The smallest absolute Gasteiger partial charge is 0.261 e. The first-order chi connectivity index (χ1) is 8.45. The molecule has 0 aromatic carbocycles. The van der Waals surface area contributed by atoms with Gasteiger partial charge in [-0.2, -0.15) is 0 Å². The summed E-state index contributed by atoms with van der Waals surface area (Å²) in [7, 11) is 1.60. The molecule has 0 saturated heterocycles.